The second-order valence-electron chi connectivity index (χ2n) is 5.38. The molecule has 0 unspecified atom stereocenters. The molecular weight excluding hydrogens is 424 g/mol. The average Bonchev–Trinajstić information content (AvgIpc) is 3.34. The van der Waals surface area contributed by atoms with E-state index >= 15 is 0 Å². The van der Waals surface area contributed by atoms with Crippen molar-refractivity contribution < 1.29 is 0 Å². The predicted molar refractivity (Wildman–Crippen MR) is 105 cm³/mol. The highest BCUT2D eigenvalue weighted by Gasteiger charge is 2.09. The summed E-state index contributed by atoms with van der Waals surface area (Å²) < 4.78 is 3.58. The first kappa shape index (κ1) is 18.2. The third-order valence-corrected chi connectivity index (χ3v) is 6.31. The fourth-order valence-corrected chi connectivity index (χ4v) is 4.85. The molecular formula is C13H14N10S4. The number of aryl methyl sites for hydroxylation is 4. The van der Waals surface area contributed by atoms with Crippen LogP contribution in [0, 0.1) is 27.7 Å². The van der Waals surface area contributed by atoms with Gasteiger partial charge in [-0.15, -0.1) is 20.4 Å². The lowest BCUT2D eigenvalue weighted by atomic mass is 10.8. The maximum absolute atomic E-state index is 4.58. The monoisotopic (exact) mass is 438 g/mol. The second-order valence-corrected chi connectivity index (χ2v) is 10.0. The molecule has 0 saturated carbocycles. The van der Waals surface area contributed by atoms with E-state index in [0.29, 0.717) is 16.9 Å². The lowest BCUT2D eigenvalue weighted by Gasteiger charge is -2.01. The quantitative estimate of drug-likeness (QED) is 0.482. The number of hydrogen-bond acceptors (Lipinski definition) is 12. The number of hydrogen-bond donors (Lipinski definition) is 0. The standard InChI is InChI=1S/C13H14N10S4/c1-6-16-18-10(24-6)14-12-22(20-8(3)26-12)5-23-13(27-9(4)21-23)15-11-19-17-7(2)25-11/h5H2,1-4H3/b14-12-,15-13-. The van der Waals surface area contributed by atoms with Crippen LogP contribution in [-0.4, -0.2) is 40.0 Å². The van der Waals surface area contributed by atoms with E-state index in [1.165, 1.54) is 45.3 Å². The molecule has 140 valence electrons. The molecule has 4 aromatic heterocycles. The summed E-state index contributed by atoms with van der Waals surface area (Å²) in [5.41, 5.74) is 0. The molecule has 10 nitrogen and oxygen atoms in total. The molecule has 0 aromatic carbocycles. The molecule has 0 aliphatic heterocycles. The van der Waals surface area contributed by atoms with E-state index in [1.54, 1.807) is 9.36 Å². The highest BCUT2D eigenvalue weighted by atomic mass is 32.1. The average molecular weight is 439 g/mol. The molecule has 4 rings (SSSR count). The summed E-state index contributed by atoms with van der Waals surface area (Å²) >= 11 is 5.87. The smallest absolute Gasteiger partial charge is 0.216 e. The Morgan fingerprint density at radius 3 is 1.44 bits per heavy atom. The first-order valence-corrected chi connectivity index (χ1v) is 11.0. The van der Waals surface area contributed by atoms with Crippen LogP contribution in [0.3, 0.4) is 0 Å². The second kappa shape index (κ2) is 7.46. The Morgan fingerprint density at radius 1 is 0.630 bits per heavy atom. The zero-order valence-corrected chi connectivity index (χ0v) is 18.1. The Kier molecular flexibility index (Phi) is 5.03. The van der Waals surface area contributed by atoms with Crippen LogP contribution >= 0.6 is 45.3 Å². The molecule has 0 saturated heterocycles. The third kappa shape index (κ3) is 4.23. The Bertz CT molecular complexity index is 1120. The molecule has 0 fully saturated rings. The summed E-state index contributed by atoms with van der Waals surface area (Å²) in [4.78, 5) is 10.6. The number of aromatic nitrogens is 8. The SMILES string of the molecule is Cc1nnc(/N=c2\sc(C)nn2Cn2nc(C)s/c2=N\c2nnc(C)s2)s1. The van der Waals surface area contributed by atoms with Gasteiger partial charge in [0.2, 0.25) is 19.9 Å². The number of nitrogens with zero attached hydrogens (tertiary/aromatic N) is 10. The zero-order valence-electron chi connectivity index (χ0n) is 14.8. The van der Waals surface area contributed by atoms with E-state index in [2.05, 4.69) is 40.6 Å². The van der Waals surface area contributed by atoms with Crippen molar-refractivity contribution in [3.05, 3.63) is 29.6 Å². The van der Waals surface area contributed by atoms with Crippen molar-refractivity contribution in [2.75, 3.05) is 0 Å². The van der Waals surface area contributed by atoms with Crippen molar-refractivity contribution in [3.63, 3.8) is 0 Å². The van der Waals surface area contributed by atoms with Gasteiger partial charge in [-0.05, 0) is 27.7 Å². The van der Waals surface area contributed by atoms with Gasteiger partial charge in [0, 0.05) is 0 Å². The fourth-order valence-electron chi connectivity index (χ4n) is 2.13. The molecule has 0 spiro atoms. The molecule has 0 aliphatic rings. The van der Waals surface area contributed by atoms with Gasteiger partial charge in [0.15, 0.2) is 0 Å². The normalized spacial score (nSPS) is 13.0. The zero-order chi connectivity index (χ0) is 19.0. The van der Waals surface area contributed by atoms with Crippen LogP contribution in [0.25, 0.3) is 0 Å². The molecule has 0 aliphatic carbocycles. The van der Waals surface area contributed by atoms with Crippen LogP contribution in [0.4, 0.5) is 10.3 Å². The lowest BCUT2D eigenvalue weighted by molar-refractivity contribution is 0.472. The van der Waals surface area contributed by atoms with Gasteiger partial charge in [0.25, 0.3) is 0 Å². The summed E-state index contributed by atoms with van der Waals surface area (Å²) in [7, 11) is 0. The minimum atomic E-state index is 0.391. The fraction of sp³-hybridized carbons (Fsp3) is 0.385. The molecule has 4 heterocycles. The molecule has 0 atom stereocenters. The van der Waals surface area contributed by atoms with E-state index in [4.69, 9.17) is 0 Å². The molecule has 14 heteroatoms. The Morgan fingerprint density at radius 2 is 1.07 bits per heavy atom. The molecule has 0 amide bonds. The molecule has 0 radical (unpaired) electrons. The van der Waals surface area contributed by atoms with Gasteiger partial charge < -0.3 is 0 Å². The van der Waals surface area contributed by atoms with Gasteiger partial charge in [-0.3, -0.25) is 0 Å². The van der Waals surface area contributed by atoms with Gasteiger partial charge in [0.1, 0.15) is 26.7 Å². The number of rotatable bonds is 4. The Hall–Kier alpha value is -2.16. The van der Waals surface area contributed by atoms with E-state index in [0.717, 1.165) is 29.6 Å². The maximum atomic E-state index is 4.58. The topological polar surface area (TPSA) is 112 Å². The van der Waals surface area contributed by atoms with Crippen molar-refractivity contribution in [1.29, 1.82) is 0 Å². The van der Waals surface area contributed by atoms with Crippen LogP contribution in [0.2, 0.25) is 0 Å². The van der Waals surface area contributed by atoms with Crippen molar-refractivity contribution in [2.24, 2.45) is 9.98 Å². The lowest BCUT2D eigenvalue weighted by Crippen LogP contribution is -2.27. The summed E-state index contributed by atoms with van der Waals surface area (Å²) in [5.74, 6) is 0. The predicted octanol–water partition coefficient (Wildman–Crippen LogP) is 2.11. The van der Waals surface area contributed by atoms with Gasteiger partial charge >= 0.3 is 0 Å². The van der Waals surface area contributed by atoms with E-state index < -0.39 is 0 Å². The summed E-state index contributed by atoms with van der Waals surface area (Å²) in [6, 6.07) is 0. The van der Waals surface area contributed by atoms with Gasteiger partial charge in [-0.2, -0.15) is 20.2 Å². The Balaban J connectivity index is 1.74. The van der Waals surface area contributed by atoms with Crippen LogP contribution in [0.5, 0.6) is 0 Å². The van der Waals surface area contributed by atoms with E-state index in [1.807, 2.05) is 27.7 Å². The summed E-state index contributed by atoms with van der Waals surface area (Å²) in [6.45, 7) is 8.08. The molecule has 27 heavy (non-hydrogen) atoms. The molecule has 0 bridgehead atoms. The highest BCUT2D eigenvalue weighted by molar-refractivity contribution is 7.15. The van der Waals surface area contributed by atoms with Gasteiger partial charge in [-0.25, -0.2) is 9.36 Å². The highest BCUT2D eigenvalue weighted by Crippen LogP contribution is 2.17. The Labute approximate surface area is 169 Å². The van der Waals surface area contributed by atoms with Crippen LogP contribution in [0.1, 0.15) is 20.0 Å². The first-order chi connectivity index (χ1) is 13.0. The maximum Gasteiger partial charge on any atom is 0.234 e. The molecule has 4 aromatic rings. The molecule has 0 N–H and O–H groups in total. The first-order valence-electron chi connectivity index (χ1n) is 7.75. The third-order valence-electron chi connectivity index (χ3n) is 3.12. The van der Waals surface area contributed by atoms with Crippen molar-refractivity contribution in [2.45, 2.75) is 34.4 Å². The summed E-state index contributed by atoms with van der Waals surface area (Å²) in [6.07, 6.45) is 0. The minimum Gasteiger partial charge on any atom is -0.216 e. The van der Waals surface area contributed by atoms with E-state index in [9.17, 15) is 0 Å². The largest absolute Gasteiger partial charge is 0.234 e. The summed E-state index contributed by atoms with van der Waals surface area (Å²) in [5, 5.41) is 30.0. The van der Waals surface area contributed by atoms with Gasteiger partial charge in [0.05, 0.1) is 0 Å². The minimum absolute atomic E-state index is 0.391. The van der Waals surface area contributed by atoms with Crippen LogP contribution in [-0.2, 0) is 6.67 Å². The van der Waals surface area contributed by atoms with E-state index in [-0.39, 0.29) is 0 Å². The van der Waals surface area contributed by atoms with Gasteiger partial charge in [-0.1, -0.05) is 45.3 Å². The van der Waals surface area contributed by atoms with Crippen LogP contribution < -0.4 is 9.60 Å². The van der Waals surface area contributed by atoms with Crippen molar-refractivity contribution in [1.82, 2.24) is 40.0 Å². The van der Waals surface area contributed by atoms with Crippen molar-refractivity contribution >= 4 is 55.6 Å². The van der Waals surface area contributed by atoms with Crippen LogP contribution in [0.15, 0.2) is 9.98 Å². The van der Waals surface area contributed by atoms with Crippen molar-refractivity contribution in [3.8, 4) is 0 Å².